The molecule has 0 aliphatic heterocycles. The summed E-state index contributed by atoms with van der Waals surface area (Å²) in [4.78, 5) is 0. The van der Waals surface area contributed by atoms with Crippen LogP contribution >= 0.6 is 0 Å². The van der Waals surface area contributed by atoms with Crippen molar-refractivity contribution in [1.82, 2.24) is 5.32 Å². The van der Waals surface area contributed by atoms with E-state index in [-0.39, 0.29) is 0 Å². The summed E-state index contributed by atoms with van der Waals surface area (Å²) >= 11 is 0. The summed E-state index contributed by atoms with van der Waals surface area (Å²) in [6, 6.07) is 0.532. The summed E-state index contributed by atoms with van der Waals surface area (Å²) in [5.41, 5.74) is 1.18. The quantitative estimate of drug-likeness (QED) is 0.620. The number of nitrogens with one attached hydrogen (secondary N) is 1. The van der Waals surface area contributed by atoms with Gasteiger partial charge in [-0.3, -0.25) is 0 Å². The highest BCUT2D eigenvalue weighted by Crippen LogP contribution is 2.01. The van der Waals surface area contributed by atoms with Crippen LogP contribution < -0.4 is 5.32 Å². The van der Waals surface area contributed by atoms with Crippen LogP contribution in [0.3, 0.4) is 0 Å². The van der Waals surface area contributed by atoms with Crippen LogP contribution in [0.2, 0.25) is 0 Å². The topological polar surface area (TPSA) is 12.0 Å². The highest BCUT2D eigenvalue weighted by atomic mass is 14.9. The summed E-state index contributed by atoms with van der Waals surface area (Å²) < 4.78 is 0. The Morgan fingerprint density at radius 3 is 2.50 bits per heavy atom. The van der Waals surface area contributed by atoms with Gasteiger partial charge < -0.3 is 5.32 Å². The predicted octanol–water partition coefficient (Wildman–Crippen LogP) is 2.69. The molecule has 1 nitrogen and oxygen atoms in total. The molecular formula is C9H19N. The lowest BCUT2D eigenvalue weighted by Crippen LogP contribution is -2.20. The van der Waals surface area contributed by atoms with Gasteiger partial charge in [0.2, 0.25) is 0 Å². The average Bonchev–Trinajstić information content (AvgIpc) is 1.82. The first-order valence-electron chi connectivity index (χ1n) is 4.11. The molecule has 1 N–H and O–H groups in total. The zero-order chi connectivity index (χ0) is 7.98. The van der Waals surface area contributed by atoms with Crippen molar-refractivity contribution in [3.8, 4) is 0 Å². The number of hydrogen-bond donors (Lipinski definition) is 1. The number of hydrogen-bond acceptors (Lipinski definition) is 1. The minimum atomic E-state index is 0.532. The normalized spacial score (nSPS) is 10.0. The Morgan fingerprint density at radius 1 is 1.50 bits per heavy atom. The molecule has 0 unspecified atom stereocenters. The van der Waals surface area contributed by atoms with Crippen molar-refractivity contribution in [2.24, 2.45) is 0 Å². The van der Waals surface area contributed by atoms with E-state index in [0.29, 0.717) is 6.04 Å². The van der Waals surface area contributed by atoms with Gasteiger partial charge in [0.25, 0.3) is 0 Å². The zero-order valence-corrected chi connectivity index (χ0v) is 7.41. The smallest absolute Gasteiger partial charge is 0.0201 e. The Bertz CT molecular complexity index is 94.9. The third-order valence-corrected chi connectivity index (χ3v) is 1.32. The first-order chi connectivity index (χ1) is 4.66. The van der Waals surface area contributed by atoms with E-state index in [4.69, 9.17) is 0 Å². The van der Waals surface area contributed by atoms with E-state index in [1.54, 1.807) is 0 Å². The molecule has 0 rings (SSSR count). The largest absolute Gasteiger partial charge is 0.387 e. The summed E-state index contributed by atoms with van der Waals surface area (Å²) in [6.45, 7) is 10.4. The van der Waals surface area contributed by atoms with Crippen molar-refractivity contribution in [3.05, 3.63) is 12.3 Å². The van der Waals surface area contributed by atoms with Crippen molar-refractivity contribution in [3.63, 3.8) is 0 Å². The van der Waals surface area contributed by atoms with Crippen LogP contribution in [0.25, 0.3) is 0 Å². The first-order valence-corrected chi connectivity index (χ1v) is 4.11. The zero-order valence-electron chi connectivity index (χ0n) is 7.41. The molecule has 0 aliphatic carbocycles. The molecule has 10 heavy (non-hydrogen) atoms. The van der Waals surface area contributed by atoms with Gasteiger partial charge >= 0.3 is 0 Å². The van der Waals surface area contributed by atoms with Crippen molar-refractivity contribution in [1.29, 1.82) is 0 Å². The lowest BCUT2D eigenvalue weighted by atomic mass is 10.2. The third-order valence-electron chi connectivity index (χ3n) is 1.32. The fraction of sp³-hybridized carbons (Fsp3) is 0.778. The molecule has 0 spiro atoms. The van der Waals surface area contributed by atoms with Crippen LogP contribution in [0.1, 0.15) is 40.0 Å². The van der Waals surface area contributed by atoms with Gasteiger partial charge in [-0.15, -0.1) is 0 Å². The fourth-order valence-corrected chi connectivity index (χ4v) is 0.871. The average molecular weight is 141 g/mol. The highest BCUT2D eigenvalue weighted by molar-refractivity contribution is 4.91. The maximum Gasteiger partial charge on any atom is 0.0201 e. The minimum absolute atomic E-state index is 0.532. The molecule has 0 fully saturated rings. The molecule has 0 radical (unpaired) electrons. The Hall–Kier alpha value is -0.460. The van der Waals surface area contributed by atoms with Crippen molar-refractivity contribution in [2.75, 3.05) is 0 Å². The SMILES string of the molecule is C=C(CCCC)NC(C)C. The van der Waals surface area contributed by atoms with Crippen LogP contribution in [0.15, 0.2) is 12.3 Å². The highest BCUT2D eigenvalue weighted by Gasteiger charge is 1.94. The van der Waals surface area contributed by atoms with E-state index in [1.165, 1.54) is 18.5 Å². The third kappa shape index (κ3) is 5.67. The van der Waals surface area contributed by atoms with Gasteiger partial charge in [0.05, 0.1) is 0 Å². The second kappa shape index (κ2) is 5.33. The van der Waals surface area contributed by atoms with Gasteiger partial charge in [-0.2, -0.15) is 0 Å². The van der Waals surface area contributed by atoms with E-state index in [0.717, 1.165) is 6.42 Å². The van der Waals surface area contributed by atoms with Gasteiger partial charge in [-0.1, -0.05) is 19.9 Å². The van der Waals surface area contributed by atoms with Gasteiger partial charge in [-0.05, 0) is 26.7 Å². The Kier molecular flexibility index (Phi) is 5.09. The minimum Gasteiger partial charge on any atom is -0.387 e. The summed E-state index contributed by atoms with van der Waals surface area (Å²) in [5.74, 6) is 0. The second-order valence-electron chi connectivity index (χ2n) is 3.01. The molecule has 0 heterocycles. The molecule has 0 bridgehead atoms. The molecule has 0 saturated carbocycles. The van der Waals surface area contributed by atoms with Gasteiger partial charge in [0.15, 0.2) is 0 Å². The molecule has 0 aromatic carbocycles. The van der Waals surface area contributed by atoms with Crippen LogP contribution in [0, 0.1) is 0 Å². The monoisotopic (exact) mass is 141 g/mol. The van der Waals surface area contributed by atoms with Crippen LogP contribution in [0.5, 0.6) is 0 Å². The fourth-order valence-electron chi connectivity index (χ4n) is 0.871. The Morgan fingerprint density at radius 2 is 2.10 bits per heavy atom. The van der Waals surface area contributed by atoms with E-state index in [2.05, 4.69) is 32.7 Å². The van der Waals surface area contributed by atoms with Crippen molar-refractivity contribution >= 4 is 0 Å². The standard InChI is InChI=1S/C9H19N/c1-5-6-7-9(4)10-8(2)3/h8,10H,4-7H2,1-3H3. The van der Waals surface area contributed by atoms with Gasteiger partial charge in [0.1, 0.15) is 0 Å². The molecule has 0 aromatic heterocycles. The molecule has 0 atom stereocenters. The van der Waals surface area contributed by atoms with Gasteiger partial charge in [-0.25, -0.2) is 0 Å². The molecule has 0 aliphatic rings. The number of allylic oxidation sites excluding steroid dienone is 1. The Balaban J connectivity index is 3.26. The maximum absolute atomic E-state index is 3.92. The molecule has 1 heteroatoms. The first kappa shape index (κ1) is 9.54. The molecule has 60 valence electrons. The summed E-state index contributed by atoms with van der Waals surface area (Å²) in [7, 11) is 0. The van der Waals surface area contributed by atoms with E-state index < -0.39 is 0 Å². The van der Waals surface area contributed by atoms with Crippen LogP contribution in [-0.2, 0) is 0 Å². The van der Waals surface area contributed by atoms with E-state index >= 15 is 0 Å². The summed E-state index contributed by atoms with van der Waals surface area (Å²) in [6.07, 6.45) is 3.62. The van der Waals surface area contributed by atoms with Crippen molar-refractivity contribution in [2.45, 2.75) is 46.1 Å². The van der Waals surface area contributed by atoms with E-state index in [1.807, 2.05) is 0 Å². The molecular weight excluding hydrogens is 122 g/mol. The maximum atomic E-state index is 3.92. The van der Waals surface area contributed by atoms with Gasteiger partial charge in [0, 0.05) is 11.7 Å². The van der Waals surface area contributed by atoms with E-state index in [9.17, 15) is 0 Å². The van der Waals surface area contributed by atoms with Crippen LogP contribution in [0.4, 0.5) is 0 Å². The number of unbranched alkanes of at least 4 members (excludes halogenated alkanes) is 1. The molecule has 0 saturated heterocycles. The molecule has 0 amide bonds. The predicted molar refractivity (Wildman–Crippen MR) is 46.9 cm³/mol. The lowest BCUT2D eigenvalue weighted by Gasteiger charge is -2.11. The lowest BCUT2D eigenvalue weighted by molar-refractivity contribution is 0.627. The Labute approximate surface area is 64.5 Å². The molecule has 0 aromatic rings. The second-order valence-corrected chi connectivity index (χ2v) is 3.01. The summed E-state index contributed by atoms with van der Waals surface area (Å²) in [5, 5.41) is 3.28. The van der Waals surface area contributed by atoms with Crippen molar-refractivity contribution < 1.29 is 0 Å². The van der Waals surface area contributed by atoms with Crippen LogP contribution in [-0.4, -0.2) is 6.04 Å². The number of rotatable bonds is 5.